The van der Waals surface area contributed by atoms with Crippen LogP contribution in [-0.2, 0) is 6.61 Å². The molecular formula is C31H29N5O3S2. The molecule has 0 fully saturated rings. The van der Waals surface area contributed by atoms with E-state index in [1.807, 2.05) is 66.7 Å². The molecule has 4 heterocycles. The topological polar surface area (TPSA) is 158 Å². The van der Waals surface area contributed by atoms with Gasteiger partial charge in [0.15, 0.2) is 5.78 Å². The van der Waals surface area contributed by atoms with E-state index >= 15 is 0 Å². The van der Waals surface area contributed by atoms with Gasteiger partial charge in [-0.2, -0.15) is 0 Å². The van der Waals surface area contributed by atoms with Gasteiger partial charge in [-0.25, -0.2) is 9.97 Å². The number of ketones is 1. The summed E-state index contributed by atoms with van der Waals surface area (Å²) in [6.45, 7) is 1.56. The molecule has 7 N–H and O–H groups in total. The van der Waals surface area contributed by atoms with Gasteiger partial charge < -0.3 is 22.3 Å². The Morgan fingerprint density at radius 3 is 1.76 bits per heavy atom. The van der Waals surface area contributed by atoms with E-state index in [4.69, 9.17) is 22.3 Å². The Balaban J connectivity index is 0.000000185. The molecule has 0 atom stereocenters. The van der Waals surface area contributed by atoms with Gasteiger partial charge in [0.25, 0.3) is 5.91 Å². The van der Waals surface area contributed by atoms with Gasteiger partial charge in [0.05, 0.1) is 27.1 Å². The van der Waals surface area contributed by atoms with Crippen molar-refractivity contribution in [3.05, 3.63) is 95.8 Å². The number of amides is 1. The van der Waals surface area contributed by atoms with Gasteiger partial charge >= 0.3 is 0 Å². The van der Waals surface area contributed by atoms with E-state index in [1.54, 1.807) is 24.5 Å². The summed E-state index contributed by atoms with van der Waals surface area (Å²) in [5, 5.41) is 10.7. The summed E-state index contributed by atoms with van der Waals surface area (Å²) in [5.41, 5.74) is 21.1. The molecule has 4 aromatic heterocycles. The molecule has 10 heteroatoms. The molecule has 2 aromatic carbocycles. The molecule has 0 aliphatic carbocycles. The Bertz CT molecular complexity index is 1860. The summed E-state index contributed by atoms with van der Waals surface area (Å²) in [4.78, 5) is 33.3. The molecule has 0 bridgehead atoms. The van der Waals surface area contributed by atoms with E-state index in [-0.39, 0.29) is 19.8 Å². The highest BCUT2D eigenvalue weighted by Gasteiger charge is 2.15. The fourth-order valence-electron chi connectivity index (χ4n) is 4.17. The largest absolute Gasteiger partial charge is 0.392 e. The van der Waals surface area contributed by atoms with Crippen LogP contribution in [0.3, 0.4) is 0 Å². The van der Waals surface area contributed by atoms with Crippen molar-refractivity contribution in [1.29, 1.82) is 0 Å². The Hall–Kier alpha value is -4.64. The third-order valence-electron chi connectivity index (χ3n) is 6.29. The van der Waals surface area contributed by atoms with Gasteiger partial charge in [-0.1, -0.05) is 62.0 Å². The molecule has 0 saturated heterocycles. The summed E-state index contributed by atoms with van der Waals surface area (Å²) in [6.07, 6.45) is 2.97. The predicted molar refractivity (Wildman–Crippen MR) is 170 cm³/mol. The number of hydrogen-bond acceptors (Lipinski definition) is 9. The van der Waals surface area contributed by atoms with Crippen LogP contribution < -0.4 is 17.2 Å². The number of primary amides is 1. The van der Waals surface area contributed by atoms with E-state index < -0.39 is 5.91 Å². The van der Waals surface area contributed by atoms with E-state index in [9.17, 15) is 9.59 Å². The van der Waals surface area contributed by atoms with Gasteiger partial charge in [0, 0.05) is 32.9 Å². The molecule has 0 saturated carbocycles. The van der Waals surface area contributed by atoms with Gasteiger partial charge in [0.2, 0.25) is 0 Å². The van der Waals surface area contributed by atoms with Crippen molar-refractivity contribution < 1.29 is 14.7 Å². The fourth-order valence-corrected chi connectivity index (χ4v) is 6.59. The van der Waals surface area contributed by atoms with E-state index in [2.05, 4.69) is 9.97 Å². The summed E-state index contributed by atoms with van der Waals surface area (Å²) in [6, 6.07) is 21.5. The number of nitrogens with two attached hydrogens (primary N) is 3. The molecular weight excluding hydrogens is 555 g/mol. The quantitative estimate of drug-likeness (QED) is 0.168. The zero-order valence-corrected chi connectivity index (χ0v) is 23.1. The molecule has 208 valence electrons. The number of rotatable bonds is 5. The number of carbonyl (C=O) groups is 2. The summed E-state index contributed by atoms with van der Waals surface area (Å²) in [7, 11) is 0. The van der Waals surface area contributed by atoms with E-state index in [1.165, 1.54) is 17.5 Å². The van der Waals surface area contributed by atoms with Crippen molar-refractivity contribution in [1.82, 2.24) is 9.97 Å². The number of anilines is 2. The third-order valence-corrected chi connectivity index (χ3v) is 8.73. The minimum atomic E-state index is -0.517. The van der Waals surface area contributed by atoms with Crippen molar-refractivity contribution >= 4 is 66.2 Å². The van der Waals surface area contributed by atoms with Crippen LogP contribution >= 0.6 is 22.7 Å². The molecule has 0 unspecified atom stereocenters. The molecule has 6 rings (SSSR count). The smallest absolute Gasteiger partial charge is 0.251 e. The average Bonchev–Trinajstić information content (AvgIpc) is 3.61. The standard InChI is InChI=1S/C15H13N3O2S.C15H12N2OS.CH4/c16-14-10-5-12(9-3-1-8(7-19)2-4-9)21-13(10)11(6-18-14)15(17)20;1-9(18)12-8-17-15(16)11-7-13(19-14(11)12)10-5-3-2-4-6-10;/h1-6,19H,7H2,(H2,16,18)(H2,17,20);2-8H,1H3,(H2,16,17);1H4. The highest BCUT2D eigenvalue weighted by molar-refractivity contribution is 7.23. The summed E-state index contributed by atoms with van der Waals surface area (Å²) < 4.78 is 1.66. The van der Waals surface area contributed by atoms with Gasteiger partial charge in [-0.3, -0.25) is 9.59 Å². The van der Waals surface area contributed by atoms with E-state index in [0.29, 0.717) is 22.8 Å². The second-order valence-corrected chi connectivity index (χ2v) is 11.1. The first-order chi connectivity index (χ1) is 19.3. The number of fused-ring (bicyclic) bond motifs is 2. The normalized spacial score (nSPS) is 10.6. The summed E-state index contributed by atoms with van der Waals surface area (Å²) >= 11 is 3.03. The molecule has 8 nitrogen and oxygen atoms in total. The first-order valence-electron chi connectivity index (χ1n) is 12.2. The van der Waals surface area contributed by atoms with Gasteiger partial charge in [-0.15, -0.1) is 22.7 Å². The number of carbonyl (C=O) groups excluding carboxylic acids is 2. The van der Waals surface area contributed by atoms with Crippen molar-refractivity contribution in [2.75, 3.05) is 11.5 Å². The lowest BCUT2D eigenvalue weighted by Crippen LogP contribution is -2.11. The lowest BCUT2D eigenvalue weighted by Gasteiger charge is -1.99. The Morgan fingerprint density at radius 2 is 1.27 bits per heavy atom. The number of pyridine rings is 2. The molecule has 1 amide bonds. The molecule has 0 aliphatic heterocycles. The minimum Gasteiger partial charge on any atom is -0.392 e. The molecule has 0 spiro atoms. The fraction of sp³-hybridized carbons (Fsp3) is 0.0968. The Morgan fingerprint density at radius 1 is 0.780 bits per heavy atom. The average molecular weight is 584 g/mol. The number of Topliss-reactive ketones (excluding diaryl/α,β-unsaturated/α-hetero) is 1. The number of aromatic nitrogens is 2. The van der Waals surface area contributed by atoms with Crippen LogP contribution in [0.15, 0.2) is 79.1 Å². The molecule has 0 radical (unpaired) electrons. The van der Waals surface area contributed by atoms with E-state index in [0.717, 1.165) is 46.6 Å². The first-order valence-corrected chi connectivity index (χ1v) is 13.8. The Labute approximate surface area is 245 Å². The second-order valence-electron chi connectivity index (χ2n) is 8.96. The highest BCUT2D eigenvalue weighted by Crippen LogP contribution is 2.38. The van der Waals surface area contributed by atoms with Gasteiger partial charge in [0.1, 0.15) is 11.6 Å². The third kappa shape index (κ3) is 5.94. The van der Waals surface area contributed by atoms with Crippen LogP contribution in [0.5, 0.6) is 0 Å². The number of hydrogen-bond donors (Lipinski definition) is 4. The SMILES string of the molecule is C.CC(=O)c1cnc(N)c2cc(-c3ccccc3)sc12.NC(=O)c1cnc(N)c2cc(-c3ccc(CO)cc3)sc12. The highest BCUT2D eigenvalue weighted by atomic mass is 32.1. The van der Waals surface area contributed by atoms with Crippen molar-refractivity contribution in [3.63, 3.8) is 0 Å². The lowest BCUT2D eigenvalue weighted by atomic mass is 10.1. The Kier molecular flexibility index (Phi) is 8.77. The monoisotopic (exact) mass is 583 g/mol. The van der Waals surface area contributed by atoms with Crippen LogP contribution in [0, 0.1) is 0 Å². The van der Waals surface area contributed by atoms with Crippen LogP contribution in [0.1, 0.15) is 40.6 Å². The van der Waals surface area contributed by atoms with Crippen molar-refractivity contribution in [2.45, 2.75) is 21.0 Å². The van der Waals surface area contributed by atoms with Crippen molar-refractivity contribution in [3.8, 4) is 20.9 Å². The molecule has 41 heavy (non-hydrogen) atoms. The molecule has 6 aromatic rings. The number of nitrogens with zero attached hydrogens (tertiary/aromatic N) is 2. The second kappa shape index (κ2) is 12.3. The zero-order valence-electron chi connectivity index (χ0n) is 21.4. The van der Waals surface area contributed by atoms with Crippen LogP contribution in [0.4, 0.5) is 11.6 Å². The maximum atomic E-state index is 11.6. The number of nitrogen functional groups attached to an aromatic ring is 2. The van der Waals surface area contributed by atoms with Crippen LogP contribution in [0.25, 0.3) is 41.1 Å². The number of thiophene rings is 2. The number of aliphatic hydroxyl groups is 1. The summed E-state index contributed by atoms with van der Waals surface area (Å²) in [5.74, 6) is 0.346. The minimum absolute atomic E-state index is 0. The van der Waals surface area contributed by atoms with Crippen LogP contribution in [-0.4, -0.2) is 26.8 Å². The van der Waals surface area contributed by atoms with Gasteiger partial charge in [-0.05, 0) is 35.7 Å². The lowest BCUT2D eigenvalue weighted by molar-refractivity contribution is 0.0997. The number of aliphatic hydroxyl groups excluding tert-OH is 1. The van der Waals surface area contributed by atoms with Crippen molar-refractivity contribution in [2.24, 2.45) is 5.73 Å². The maximum Gasteiger partial charge on any atom is 0.251 e. The number of benzene rings is 2. The zero-order chi connectivity index (χ0) is 28.4. The molecule has 0 aliphatic rings. The maximum absolute atomic E-state index is 11.6. The predicted octanol–water partition coefficient (Wildman–Crippen LogP) is 6.52. The van der Waals surface area contributed by atoms with Crippen LogP contribution in [0.2, 0.25) is 0 Å². The first kappa shape index (κ1) is 29.3.